The number of pyridine rings is 1. The maximum atomic E-state index is 12.6. The van der Waals surface area contributed by atoms with E-state index in [1.807, 2.05) is 35.4 Å². The summed E-state index contributed by atoms with van der Waals surface area (Å²) in [6.45, 7) is 4.74. The highest BCUT2D eigenvalue weighted by atomic mass is 16.2. The fourth-order valence-corrected chi connectivity index (χ4v) is 3.62. The lowest BCUT2D eigenvalue weighted by molar-refractivity contribution is 0.188. The van der Waals surface area contributed by atoms with Gasteiger partial charge < -0.3 is 20.0 Å². The largest absolute Gasteiger partial charge is 0.356 e. The zero-order valence-electron chi connectivity index (χ0n) is 15.4. The first-order chi connectivity index (χ1) is 13.3. The number of carbonyl (C=O) groups excluding carboxylic acids is 1. The number of amides is 2. The summed E-state index contributed by atoms with van der Waals surface area (Å²) >= 11 is 0. The summed E-state index contributed by atoms with van der Waals surface area (Å²) < 4.78 is 0. The van der Waals surface area contributed by atoms with Gasteiger partial charge in [-0.2, -0.15) is 0 Å². The SMILES string of the molecule is O=C(NC1CCN(c2ccccn2)CC1)N1CCN(c2ncccn2)CC1. The van der Waals surface area contributed by atoms with Gasteiger partial charge in [0.2, 0.25) is 5.95 Å². The smallest absolute Gasteiger partial charge is 0.317 e. The Morgan fingerprint density at radius 2 is 1.56 bits per heavy atom. The van der Waals surface area contributed by atoms with Crippen LogP contribution in [0.3, 0.4) is 0 Å². The lowest BCUT2D eigenvalue weighted by atomic mass is 10.1. The lowest BCUT2D eigenvalue weighted by Crippen LogP contribution is -2.55. The van der Waals surface area contributed by atoms with Gasteiger partial charge in [-0.1, -0.05) is 6.07 Å². The molecular weight excluding hydrogens is 342 g/mol. The van der Waals surface area contributed by atoms with Crippen molar-refractivity contribution in [2.75, 3.05) is 49.1 Å². The number of piperidine rings is 1. The van der Waals surface area contributed by atoms with E-state index in [1.165, 1.54) is 0 Å². The van der Waals surface area contributed by atoms with Gasteiger partial charge in [0.1, 0.15) is 5.82 Å². The molecule has 0 aliphatic carbocycles. The zero-order chi connectivity index (χ0) is 18.5. The average molecular weight is 367 g/mol. The van der Waals surface area contributed by atoms with Crippen LogP contribution >= 0.6 is 0 Å². The summed E-state index contributed by atoms with van der Waals surface area (Å²) in [4.78, 5) is 31.9. The molecule has 2 aliphatic heterocycles. The molecule has 2 saturated heterocycles. The maximum absolute atomic E-state index is 12.6. The lowest BCUT2D eigenvalue weighted by Gasteiger charge is -2.37. The first-order valence-electron chi connectivity index (χ1n) is 9.53. The molecule has 8 nitrogen and oxygen atoms in total. The molecule has 0 atom stereocenters. The van der Waals surface area contributed by atoms with Crippen LogP contribution < -0.4 is 15.1 Å². The van der Waals surface area contributed by atoms with Crippen LogP contribution in [0.25, 0.3) is 0 Å². The Morgan fingerprint density at radius 3 is 2.22 bits per heavy atom. The van der Waals surface area contributed by atoms with Crippen LogP contribution in [0.5, 0.6) is 0 Å². The third kappa shape index (κ3) is 4.27. The third-order valence-corrected chi connectivity index (χ3v) is 5.20. The molecular formula is C19H25N7O. The van der Waals surface area contributed by atoms with Gasteiger partial charge in [0, 0.05) is 63.9 Å². The summed E-state index contributed by atoms with van der Waals surface area (Å²) in [7, 11) is 0. The topological polar surface area (TPSA) is 77.5 Å². The Labute approximate surface area is 159 Å². The van der Waals surface area contributed by atoms with E-state index in [1.54, 1.807) is 12.4 Å². The summed E-state index contributed by atoms with van der Waals surface area (Å²) in [5.41, 5.74) is 0. The van der Waals surface area contributed by atoms with Crippen molar-refractivity contribution in [2.24, 2.45) is 0 Å². The minimum atomic E-state index is 0.0416. The van der Waals surface area contributed by atoms with Gasteiger partial charge in [-0.3, -0.25) is 0 Å². The number of nitrogens with one attached hydrogen (secondary N) is 1. The fourth-order valence-electron chi connectivity index (χ4n) is 3.62. The normalized spacial score (nSPS) is 18.4. The van der Waals surface area contributed by atoms with E-state index in [0.717, 1.165) is 50.8 Å². The molecule has 27 heavy (non-hydrogen) atoms. The molecule has 8 heteroatoms. The van der Waals surface area contributed by atoms with E-state index in [4.69, 9.17) is 0 Å². The van der Waals surface area contributed by atoms with Crippen LogP contribution in [0, 0.1) is 0 Å². The van der Waals surface area contributed by atoms with Crippen LogP contribution in [-0.4, -0.2) is 71.2 Å². The van der Waals surface area contributed by atoms with E-state index < -0.39 is 0 Å². The number of nitrogens with zero attached hydrogens (tertiary/aromatic N) is 6. The standard InChI is InChI=1S/C19H25N7O/c27-19(26-14-12-25(13-15-26)18-21-8-3-9-22-18)23-16-5-10-24(11-6-16)17-4-1-2-7-20-17/h1-4,7-9,16H,5-6,10-15H2,(H,23,27). The van der Waals surface area contributed by atoms with Crippen molar-refractivity contribution >= 4 is 17.8 Å². The molecule has 4 rings (SSSR count). The summed E-state index contributed by atoms with van der Waals surface area (Å²) in [6, 6.07) is 8.06. The van der Waals surface area contributed by atoms with E-state index in [9.17, 15) is 4.79 Å². The summed E-state index contributed by atoms with van der Waals surface area (Å²) in [5, 5.41) is 3.21. The number of carbonyl (C=O) groups is 1. The van der Waals surface area contributed by atoms with Gasteiger partial charge in [0.25, 0.3) is 0 Å². The Bertz CT molecular complexity index is 726. The molecule has 4 heterocycles. The van der Waals surface area contributed by atoms with E-state index in [-0.39, 0.29) is 12.1 Å². The molecule has 142 valence electrons. The van der Waals surface area contributed by atoms with Crippen molar-refractivity contribution < 1.29 is 4.79 Å². The number of urea groups is 1. The molecule has 1 N–H and O–H groups in total. The number of aromatic nitrogens is 3. The molecule has 0 radical (unpaired) electrons. The average Bonchev–Trinajstić information content (AvgIpc) is 2.76. The van der Waals surface area contributed by atoms with Gasteiger partial charge in [0.15, 0.2) is 0 Å². The zero-order valence-corrected chi connectivity index (χ0v) is 15.4. The highest BCUT2D eigenvalue weighted by molar-refractivity contribution is 5.75. The Kier molecular flexibility index (Phi) is 5.32. The van der Waals surface area contributed by atoms with Gasteiger partial charge in [0.05, 0.1) is 0 Å². The van der Waals surface area contributed by atoms with Crippen molar-refractivity contribution in [3.8, 4) is 0 Å². The number of anilines is 2. The second kappa shape index (κ2) is 8.20. The predicted octanol–water partition coefficient (Wildman–Crippen LogP) is 1.37. The minimum Gasteiger partial charge on any atom is -0.356 e. The van der Waals surface area contributed by atoms with Crippen molar-refractivity contribution in [1.29, 1.82) is 0 Å². The van der Waals surface area contributed by atoms with Gasteiger partial charge in [-0.25, -0.2) is 19.7 Å². The predicted molar refractivity (Wildman–Crippen MR) is 104 cm³/mol. The summed E-state index contributed by atoms with van der Waals surface area (Å²) in [6.07, 6.45) is 7.21. The first-order valence-corrected chi connectivity index (χ1v) is 9.53. The Balaban J connectivity index is 1.22. The van der Waals surface area contributed by atoms with Crippen LogP contribution in [0.2, 0.25) is 0 Å². The third-order valence-electron chi connectivity index (χ3n) is 5.20. The molecule has 0 aromatic carbocycles. The molecule has 0 spiro atoms. The second-order valence-electron chi connectivity index (χ2n) is 6.92. The Hall–Kier alpha value is -2.90. The van der Waals surface area contributed by atoms with Crippen LogP contribution in [0.4, 0.5) is 16.6 Å². The van der Waals surface area contributed by atoms with E-state index in [2.05, 4.69) is 30.1 Å². The number of hydrogen-bond donors (Lipinski definition) is 1. The van der Waals surface area contributed by atoms with Gasteiger partial charge in [-0.15, -0.1) is 0 Å². The molecule has 0 unspecified atom stereocenters. The van der Waals surface area contributed by atoms with Crippen LogP contribution in [0.15, 0.2) is 42.9 Å². The number of rotatable bonds is 3. The second-order valence-corrected chi connectivity index (χ2v) is 6.92. The monoisotopic (exact) mass is 367 g/mol. The first kappa shape index (κ1) is 17.5. The van der Waals surface area contributed by atoms with Crippen molar-refractivity contribution in [2.45, 2.75) is 18.9 Å². The maximum Gasteiger partial charge on any atom is 0.317 e. The van der Waals surface area contributed by atoms with Gasteiger partial charge in [-0.05, 0) is 31.0 Å². The molecule has 2 aliphatic rings. The van der Waals surface area contributed by atoms with Crippen LogP contribution in [0.1, 0.15) is 12.8 Å². The molecule has 2 aromatic heterocycles. The van der Waals surface area contributed by atoms with Gasteiger partial charge >= 0.3 is 6.03 Å². The number of piperazine rings is 1. The van der Waals surface area contributed by atoms with E-state index in [0.29, 0.717) is 13.1 Å². The summed E-state index contributed by atoms with van der Waals surface area (Å²) in [5.74, 6) is 1.75. The van der Waals surface area contributed by atoms with Crippen molar-refractivity contribution in [3.63, 3.8) is 0 Å². The Morgan fingerprint density at radius 1 is 0.852 bits per heavy atom. The number of hydrogen-bond acceptors (Lipinski definition) is 6. The van der Waals surface area contributed by atoms with Crippen LogP contribution in [-0.2, 0) is 0 Å². The quantitative estimate of drug-likeness (QED) is 0.883. The highest BCUT2D eigenvalue weighted by Crippen LogP contribution is 2.17. The minimum absolute atomic E-state index is 0.0416. The van der Waals surface area contributed by atoms with E-state index >= 15 is 0 Å². The molecule has 2 aromatic rings. The fraction of sp³-hybridized carbons (Fsp3) is 0.474. The molecule has 0 saturated carbocycles. The van der Waals surface area contributed by atoms with Crippen molar-refractivity contribution in [1.82, 2.24) is 25.2 Å². The highest BCUT2D eigenvalue weighted by Gasteiger charge is 2.26. The molecule has 2 amide bonds. The molecule has 0 bridgehead atoms. The van der Waals surface area contributed by atoms with Crippen molar-refractivity contribution in [3.05, 3.63) is 42.9 Å². The molecule has 2 fully saturated rings.